The molecular weight excluding hydrogens is 222 g/mol. The van der Waals surface area contributed by atoms with Crippen molar-refractivity contribution < 1.29 is 0 Å². The quantitative estimate of drug-likeness (QED) is 0.860. The molecule has 18 heavy (non-hydrogen) atoms. The summed E-state index contributed by atoms with van der Waals surface area (Å²) in [7, 11) is 0. The second kappa shape index (κ2) is 5.65. The molecule has 0 saturated heterocycles. The van der Waals surface area contributed by atoms with Gasteiger partial charge in [0.1, 0.15) is 5.82 Å². The van der Waals surface area contributed by atoms with Gasteiger partial charge >= 0.3 is 0 Å². The molecule has 94 valence electrons. The van der Waals surface area contributed by atoms with E-state index in [0.717, 1.165) is 29.2 Å². The lowest BCUT2D eigenvalue weighted by Crippen LogP contribution is -2.11. The molecule has 3 nitrogen and oxygen atoms in total. The number of anilines is 2. The monoisotopic (exact) mass is 241 g/mol. The van der Waals surface area contributed by atoms with Gasteiger partial charge in [-0.25, -0.2) is 4.98 Å². The third kappa shape index (κ3) is 2.87. The van der Waals surface area contributed by atoms with Crippen molar-refractivity contribution in [2.45, 2.75) is 26.3 Å². The predicted molar refractivity (Wildman–Crippen MR) is 75.9 cm³/mol. The summed E-state index contributed by atoms with van der Waals surface area (Å²) in [5, 5.41) is 3.28. The van der Waals surface area contributed by atoms with Crippen LogP contribution in [0.2, 0.25) is 0 Å². The molecule has 0 bridgehead atoms. The van der Waals surface area contributed by atoms with E-state index < -0.39 is 0 Å². The lowest BCUT2D eigenvalue weighted by atomic mass is 10.0. The first-order valence-electron chi connectivity index (χ1n) is 6.26. The normalized spacial score (nSPS) is 12.2. The molecule has 2 aromatic rings. The summed E-state index contributed by atoms with van der Waals surface area (Å²) in [4.78, 5) is 4.55. The van der Waals surface area contributed by atoms with Crippen molar-refractivity contribution in [3.63, 3.8) is 0 Å². The van der Waals surface area contributed by atoms with Crippen molar-refractivity contribution in [2.75, 3.05) is 5.32 Å². The lowest BCUT2D eigenvalue weighted by molar-refractivity contribution is 0.689. The summed E-state index contributed by atoms with van der Waals surface area (Å²) < 4.78 is 0. The number of benzene rings is 1. The van der Waals surface area contributed by atoms with Crippen molar-refractivity contribution >= 4 is 11.5 Å². The van der Waals surface area contributed by atoms with Crippen LogP contribution in [0.4, 0.5) is 11.5 Å². The molecule has 1 atom stereocenters. The van der Waals surface area contributed by atoms with Gasteiger partial charge in [-0.2, -0.15) is 0 Å². The Bertz CT molecular complexity index is 508. The van der Waals surface area contributed by atoms with E-state index in [-0.39, 0.29) is 6.04 Å². The minimum absolute atomic E-state index is 0.0725. The fourth-order valence-electron chi connectivity index (χ4n) is 1.92. The second-order valence-electron chi connectivity index (χ2n) is 4.38. The molecule has 0 aliphatic rings. The van der Waals surface area contributed by atoms with E-state index in [4.69, 9.17) is 5.73 Å². The van der Waals surface area contributed by atoms with Gasteiger partial charge in [0.05, 0.1) is 0 Å². The Labute approximate surface area is 108 Å². The van der Waals surface area contributed by atoms with Crippen molar-refractivity contribution in [1.29, 1.82) is 0 Å². The molecule has 0 saturated carbocycles. The molecule has 0 fully saturated rings. The van der Waals surface area contributed by atoms with Gasteiger partial charge in [-0.15, -0.1) is 0 Å². The van der Waals surface area contributed by atoms with E-state index in [9.17, 15) is 0 Å². The van der Waals surface area contributed by atoms with E-state index in [2.05, 4.69) is 23.3 Å². The lowest BCUT2D eigenvalue weighted by Gasteiger charge is -2.13. The molecule has 3 N–H and O–H groups in total. The summed E-state index contributed by atoms with van der Waals surface area (Å²) in [5.41, 5.74) is 9.19. The Morgan fingerprint density at radius 2 is 1.89 bits per heavy atom. The van der Waals surface area contributed by atoms with Crippen molar-refractivity contribution in [1.82, 2.24) is 4.98 Å². The van der Waals surface area contributed by atoms with E-state index >= 15 is 0 Å². The zero-order valence-electron chi connectivity index (χ0n) is 10.9. The summed E-state index contributed by atoms with van der Waals surface area (Å²) in [6.07, 6.45) is 0.925. The van der Waals surface area contributed by atoms with E-state index in [1.807, 2.05) is 43.3 Å². The van der Waals surface area contributed by atoms with Gasteiger partial charge in [-0.05, 0) is 37.1 Å². The van der Waals surface area contributed by atoms with Gasteiger partial charge in [-0.3, -0.25) is 0 Å². The van der Waals surface area contributed by atoms with E-state index in [0.29, 0.717) is 0 Å². The maximum Gasteiger partial charge on any atom is 0.130 e. The molecule has 1 aromatic carbocycles. The van der Waals surface area contributed by atoms with Crippen LogP contribution in [0.5, 0.6) is 0 Å². The summed E-state index contributed by atoms with van der Waals surface area (Å²) >= 11 is 0. The molecule has 2 rings (SSSR count). The van der Waals surface area contributed by atoms with Crippen LogP contribution in [0.1, 0.15) is 30.6 Å². The third-order valence-corrected chi connectivity index (χ3v) is 3.01. The van der Waals surface area contributed by atoms with Gasteiger partial charge in [0.15, 0.2) is 0 Å². The SMILES string of the molecule is CCC(N)c1ccc(Nc2ccccc2)nc1C. The van der Waals surface area contributed by atoms with E-state index in [1.54, 1.807) is 0 Å². The molecule has 0 radical (unpaired) electrons. The number of hydrogen-bond donors (Lipinski definition) is 2. The Kier molecular flexibility index (Phi) is 3.95. The molecule has 0 aliphatic heterocycles. The first kappa shape index (κ1) is 12.6. The van der Waals surface area contributed by atoms with Gasteiger partial charge in [-0.1, -0.05) is 31.2 Å². The molecule has 0 aliphatic carbocycles. The zero-order valence-corrected chi connectivity index (χ0v) is 10.9. The largest absolute Gasteiger partial charge is 0.340 e. The molecule has 0 spiro atoms. The topological polar surface area (TPSA) is 50.9 Å². The minimum Gasteiger partial charge on any atom is -0.340 e. The molecule has 1 aromatic heterocycles. The number of aryl methyl sites for hydroxylation is 1. The highest BCUT2D eigenvalue weighted by molar-refractivity contribution is 5.56. The molecule has 3 heteroatoms. The van der Waals surface area contributed by atoms with Crippen LogP contribution in [-0.4, -0.2) is 4.98 Å². The maximum atomic E-state index is 6.04. The number of para-hydroxylation sites is 1. The maximum absolute atomic E-state index is 6.04. The summed E-state index contributed by atoms with van der Waals surface area (Å²) in [6, 6.07) is 14.1. The van der Waals surface area contributed by atoms with Crippen LogP contribution in [0.25, 0.3) is 0 Å². The van der Waals surface area contributed by atoms with Crippen LogP contribution in [0.15, 0.2) is 42.5 Å². The first-order chi connectivity index (χ1) is 8.70. The van der Waals surface area contributed by atoms with Gasteiger partial charge in [0, 0.05) is 17.4 Å². The number of nitrogens with zero attached hydrogens (tertiary/aromatic N) is 1. The minimum atomic E-state index is 0.0725. The Morgan fingerprint density at radius 3 is 2.50 bits per heavy atom. The molecule has 0 amide bonds. The Balaban J connectivity index is 2.19. The highest BCUT2D eigenvalue weighted by Gasteiger charge is 2.08. The summed E-state index contributed by atoms with van der Waals surface area (Å²) in [6.45, 7) is 4.08. The van der Waals surface area contributed by atoms with Crippen molar-refractivity contribution in [3.05, 3.63) is 53.7 Å². The molecule has 1 unspecified atom stereocenters. The summed E-state index contributed by atoms with van der Waals surface area (Å²) in [5.74, 6) is 0.853. The van der Waals surface area contributed by atoms with Crippen molar-refractivity contribution in [2.24, 2.45) is 5.73 Å². The third-order valence-electron chi connectivity index (χ3n) is 3.01. The van der Waals surface area contributed by atoms with E-state index in [1.165, 1.54) is 0 Å². The number of rotatable bonds is 4. The van der Waals surface area contributed by atoms with Gasteiger partial charge in [0.2, 0.25) is 0 Å². The smallest absolute Gasteiger partial charge is 0.130 e. The van der Waals surface area contributed by atoms with Crippen LogP contribution < -0.4 is 11.1 Å². The number of pyridine rings is 1. The Morgan fingerprint density at radius 1 is 1.17 bits per heavy atom. The first-order valence-corrected chi connectivity index (χ1v) is 6.26. The highest BCUT2D eigenvalue weighted by Crippen LogP contribution is 2.20. The van der Waals surface area contributed by atoms with Gasteiger partial charge < -0.3 is 11.1 Å². The zero-order chi connectivity index (χ0) is 13.0. The second-order valence-corrected chi connectivity index (χ2v) is 4.38. The average molecular weight is 241 g/mol. The number of nitrogens with one attached hydrogen (secondary N) is 1. The molecular formula is C15H19N3. The molecule has 1 heterocycles. The average Bonchev–Trinajstić information content (AvgIpc) is 2.39. The standard InChI is InChI=1S/C15H19N3/c1-3-14(16)13-9-10-15(17-11(13)2)18-12-7-5-4-6-8-12/h4-10,14H,3,16H2,1-2H3,(H,17,18). The number of aromatic nitrogens is 1. The fourth-order valence-corrected chi connectivity index (χ4v) is 1.92. The van der Waals surface area contributed by atoms with Crippen LogP contribution in [0, 0.1) is 6.92 Å². The fraction of sp³-hybridized carbons (Fsp3) is 0.267. The highest BCUT2D eigenvalue weighted by atomic mass is 15.0. The number of hydrogen-bond acceptors (Lipinski definition) is 3. The van der Waals surface area contributed by atoms with Crippen molar-refractivity contribution in [3.8, 4) is 0 Å². The predicted octanol–water partition coefficient (Wildman–Crippen LogP) is 3.54. The van der Waals surface area contributed by atoms with Gasteiger partial charge in [0.25, 0.3) is 0 Å². The Hall–Kier alpha value is -1.87. The van der Waals surface area contributed by atoms with Crippen LogP contribution >= 0.6 is 0 Å². The van der Waals surface area contributed by atoms with Crippen LogP contribution in [-0.2, 0) is 0 Å². The number of nitrogens with two attached hydrogens (primary N) is 1. The van der Waals surface area contributed by atoms with Crippen LogP contribution in [0.3, 0.4) is 0 Å².